The molecule has 1 aromatic carbocycles. The second-order valence-corrected chi connectivity index (χ2v) is 5.12. The van der Waals surface area contributed by atoms with Gasteiger partial charge in [0.25, 0.3) is 0 Å². The number of nitrogens with one attached hydrogen (secondary N) is 1. The van der Waals surface area contributed by atoms with Crippen molar-refractivity contribution in [3.05, 3.63) is 29.3 Å². The van der Waals surface area contributed by atoms with E-state index in [1.54, 1.807) is 11.9 Å². The summed E-state index contributed by atoms with van der Waals surface area (Å²) >= 11 is 0. The number of halogens is 3. The number of alkyl halides is 3. The van der Waals surface area contributed by atoms with Crippen LogP contribution in [0.4, 0.5) is 18.9 Å². The highest BCUT2D eigenvalue weighted by molar-refractivity contribution is 5.54. The van der Waals surface area contributed by atoms with E-state index >= 15 is 0 Å². The van der Waals surface area contributed by atoms with E-state index in [2.05, 4.69) is 11.4 Å². The molecule has 2 nitrogen and oxygen atoms in total. The molecule has 1 N–H and O–H groups in total. The van der Waals surface area contributed by atoms with E-state index in [1.807, 2.05) is 12.1 Å². The zero-order valence-electron chi connectivity index (χ0n) is 11.1. The first-order valence-corrected chi connectivity index (χ1v) is 6.55. The smallest absolute Gasteiger partial charge is 0.385 e. The van der Waals surface area contributed by atoms with Crippen molar-refractivity contribution in [2.75, 3.05) is 25.5 Å². The van der Waals surface area contributed by atoms with Gasteiger partial charge in [-0.2, -0.15) is 13.2 Å². The molecule has 2 rings (SSSR count). The van der Waals surface area contributed by atoms with E-state index in [4.69, 9.17) is 0 Å². The van der Waals surface area contributed by atoms with Gasteiger partial charge in [-0.1, -0.05) is 12.1 Å². The molecule has 1 aromatic rings. The van der Waals surface area contributed by atoms with Crippen molar-refractivity contribution in [3.63, 3.8) is 0 Å². The number of rotatable bonds is 4. The van der Waals surface area contributed by atoms with Gasteiger partial charge >= 0.3 is 6.18 Å². The van der Waals surface area contributed by atoms with Gasteiger partial charge in [0.2, 0.25) is 0 Å². The minimum atomic E-state index is -4.08. The maximum Gasteiger partial charge on any atom is 0.390 e. The van der Waals surface area contributed by atoms with E-state index in [0.29, 0.717) is 6.54 Å². The van der Waals surface area contributed by atoms with Crippen LogP contribution < -0.4 is 5.32 Å². The van der Waals surface area contributed by atoms with E-state index in [0.717, 1.165) is 30.6 Å². The molecule has 0 aromatic heterocycles. The first kappa shape index (κ1) is 14.2. The van der Waals surface area contributed by atoms with Crippen molar-refractivity contribution < 1.29 is 13.2 Å². The predicted molar refractivity (Wildman–Crippen MR) is 70.3 cm³/mol. The van der Waals surface area contributed by atoms with Gasteiger partial charge in [-0.25, -0.2) is 0 Å². The van der Waals surface area contributed by atoms with Gasteiger partial charge in [0.05, 0.1) is 6.42 Å². The lowest BCUT2D eigenvalue weighted by atomic mass is 10.0. The lowest BCUT2D eigenvalue weighted by Gasteiger charge is -2.21. The van der Waals surface area contributed by atoms with Crippen LogP contribution in [-0.2, 0) is 13.0 Å². The topological polar surface area (TPSA) is 15.3 Å². The Morgan fingerprint density at radius 3 is 2.84 bits per heavy atom. The second-order valence-electron chi connectivity index (χ2n) is 5.12. The van der Waals surface area contributed by atoms with Crippen molar-refractivity contribution in [1.29, 1.82) is 0 Å². The Hall–Kier alpha value is -1.23. The first-order valence-electron chi connectivity index (χ1n) is 6.55. The standard InChI is InChI=1S/C14H19F3N2/c1-19(8-6-14(15,16)17)10-11-4-5-13-12(9-11)3-2-7-18-13/h4-5,9,18H,2-3,6-8,10H2,1H3. The molecule has 0 aliphatic carbocycles. The minimum Gasteiger partial charge on any atom is -0.385 e. The Morgan fingerprint density at radius 2 is 2.11 bits per heavy atom. The molecular weight excluding hydrogens is 253 g/mol. The zero-order chi connectivity index (χ0) is 13.9. The van der Waals surface area contributed by atoms with E-state index in [1.165, 1.54) is 5.56 Å². The van der Waals surface area contributed by atoms with Crippen LogP contribution >= 0.6 is 0 Å². The Balaban J connectivity index is 1.92. The maximum absolute atomic E-state index is 12.1. The molecule has 0 atom stereocenters. The third kappa shape index (κ3) is 4.42. The lowest BCUT2D eigenvalue weighted by Crippen LogP contribution is -2.24. The largest absolute Gasteiger partial charge is 0.390 e. The van der Waals surface area contributed by atoms with Crippen molar-refractivity contribution in [1.82, 2.24) is 4.90 Å². The number of hydrogen-bond donors (Lipinski definition) is 1. The lowest BCUT2D eigenvalue weighted by molar-refractivity contribution is -0.137. The van der Waals surface area contributed by atoms with Crippen LogP contribution in [0.5, 0.6) is 0 Å². The zero-order valence-corrected chi connectivity index (χ0v) is 11.1. The van der Waals surface area contributed by atoms with Gasteiger partial charge < -0.3 is 10.2 Å². The summed E-state index contributed by atoms with van der Waals surface area (Å²) in [5.41, 5.74) is 3.51. The number of benzene rings is 1. The monoisotopic (exact) mass is 272 g/mol. The SMILES string of the molecule is CN(CCC(F)(F)F)Cc1ccc2c(c1)CCCN2. The van der Waals surface area contributed by atoms with Gasteiger partial charge in [-0.15, -0.1) is 0 Å². The molecule has 0 fully saturated rings. The Bertz CT molecular complexity index is 429. The van der Waals surface area contributed by atoms with Gasteiger partial charge in [0.1, 0.15) is 0 Å². The number of anilines is 1. The van der Waals surface area contributed by atoms with E-state index in [-0.39, 0.29) is 6.54 Å². The Labute approximate surface area is 111 Å². The molecule has 0 bridgehead atoms. The van der Waals surface area contributed by atoms with Crippen LogP contribution in [0.25, 0.3) is 0 Å². The quantitative estimate of drug-likeness (QED) is 0.903. The minimum absolute atomic E-state index is 0.0405. The summed E-state index contributed by atoms with van der Waals surface area (Å²) in [5, 5.41) is 3.33. The van der Waals surface area contributed by atoms with Gasteiger partial charge in [-0.05, 0) is 37.1 Å². The average Bonchev–Trinajstić information content (AvgIpc) is 2.35. The molecule has 106 valence electrons. The van der Waals surface area contributed by atoms with Crippen LogP contribution in [-0.4, -0.2) is 31.2 Å². The molecule has 1 aliphatic rings. The van der Waals surface area contributed by atoms with Gasteiger partial charge in [0.15, 0.2) is 0 Å². The van der Waals surface area contributed by atoms with Gasteiger partial charge in [0, 0.05) is 25.3 Å². The summed E-state index contributed by atoms with van der Waals surface area (Å²) in [5.74, 6) is 0. The average molecular weight is 272 g/mol. The van der Waals surface area contributed by atoms with E-state index in [9.17, 15) is 13.2 Å². The molecule has 0 spiro atoms. The van der Waals surface area contributed by atoms with Gasteiger partial charge in [-0.3, -0.25) is 0 Å². The third-order valence-electron chi connectivity index (χ3n) is 3.34. The molecular formula is C14H19F3N2. The molecule has 0 saturated heterocycles. The van der Waals surface area contributed by atoms with Crippen molar-refractivity contribution >= 4 is 5.69 Å². The number of aryl methyl sites for hydroxylation is 1. The molecule has 0 radical (unpaired) electrons. The molecule has 5 heteroatoms. The summed E-state index contributed by atoms with van der Waals surface area (Å²) < 4.78 is 36.4. The highest BCUT2D eigenvalue weighted by atomic mass is 19.4. The van der Waals surface area contributed by atoms with Crippen LogP contribution in [0, 0.1) is 0 Å². The maximum atomic E-state index is 12.1. The number of nitrogens with zero attached hydrogens (tertiary/aromatic N) is 1. The summed E-state index contributed by atoms with van der Waals surface area (Å²) in [6, 6.07) is 6.12. The highest BCUT2D eigenvalue weighted by Crippen LogP contribution is 2.24. The Morgan fingerprint density at radius 1 is 1.32 bits per heavy atom. The normalized spacial score (nSPS) is 15.2. The third-order valence-corrected chi connectivity index (χ3v) is 3.34. The second kappa shape index (κ2) is 5.82. The summed E-state index contributed by atoms with van der Waals surface area (Å²) in [7, 11) is 1.73. The molecule has 1 heterocycles. The summed E-state index contributed by atoms with van der Waals surface area (Å²) in [4.78, 5) is 1.71. The molecule has 0 unspecified atom stereocenters. The van der Waals surface area contributed by atoms with Crippen molar-refractivity contribution in [2.24, 2.45) is 0 Å². The highest BCUT2D eigenvalue weighted by Gasteiger charge is 2.27. The fraction of sp³-hybridized carbons (Fsp3) is 0.571. The molecule has 19 heavy (non-hydrogen) atoms. The molecule has 1 aliphatic heterocycles. The van der Waals surface area contributed by atoms with Crippen LogP contribution in [0.15, 0.2) is 18.2 Å². The summed E-state index contributed by atoms with van der Waals surface area (Å²) in [6.07, 6.45) is -2.67. The van der Waals surface area contributed by atoms with Crippen molar-refractivity contribution in [2.45, 2.75) is 32.0 Å². The summed E-state index contributed by atoms with van der Waals surface area (Å²) in [6.45, 7) is 1.60. The van der Waals surface area contributed by atoms with Crippen LogP contribution in [0.3, 0.4) is 0 Å². The predicted octanol–water partition coefficient (Wildman–Crippen LogP) is 3.43. The number of fused-ring (bicyclic) bond motifs is 1. The molecule has 0 amide bonds. The fourth-order valence-electron chi connectivity index (χ4n) is 2.33. The Kier molecular flexibility index (Phi) is 4.34. The first-order chi connectivity index (χ1) is 8.94. The molecule has 0 saturated carbocycles. The number of hydrogen-bond acceptors (Lipinski definition) is 2. The van der Waals surface area contributed by atoms with Crippen molar-refractivity contribution in [3.8, 4) is 0 Å². The van der Waals surface area contributed by atoms with Crippen LogP contribution in [0.2, 0.25) is 0 Å². The van der Waals surface area contributed by atoms with E-state index < -0.39 is 12.6 Å². The fourth-order valence-corrected chi connectivity index (χ4v) is 2.33. The van der Waals surface area contributed by atoms with Crippen LogP contribution in [0.1, 0.15) is 24.0 Å².